The van der Waals surface area contributed by atoms with Crippen molar-refractivity contribution < 1.29 is 9.15 Å². The van der Waals surface area contributed by atoms with Gasteiger partial charge in [-0.25, -0.2) is 0 Å². The monoisotopic (exact) mass is 321 g/mol. The summed E-state index contributed by atoms with van der Waals surface area (Å²) < 4.78 is 11.4. The highest BCUT2D eigenvalue weighted by atomic mass is 16.5. The van der Waals surface area contributed by atoms with Crippen LogP contribution in [0.4, 0.5) is 0 Å². The molecule has 1 aliphatic rings. The topological polar surface area (TPSA) is 58.8 Å². The Morgan fingerprint density at radius 3 is 2.83 bits per heavy atom. The summed E-state index contributed by atoms with van der Waals surface area (Å²) in [6.45, 7) is 9.35. The first-order chi connectivity index (χ1) is 11.0. The van der Waals surface area contributed by atoms with Crippen LogP contribution < -0.4 is 10.6 Å². The third-order valence-corrected chi connectivity index (χ3v) is 4.30. The first kappa shape index (κ1) is 17.9. The number of hydrogen-bond donors (Lipinski definition) is 2. The number of nitrogens with one attached hydrogen (secondary N) is 2. The van der Waals surface area contributed by atoms with Crippen LogP contribution >= 0.6 is 0 Å². The van der Waals surface area contributed by atoms with Crippen LogP contribution in [0.3, 0.4) is 0 Å². The molecule has 0 spiro atoms. The summed E-state index contributed by atoms with van der Waals surface area (Å²) in [7, 11) is 1.81. The van der Waals surface area contributed by atoms with Crippen LogP contribution in [0.25, 0.3) is 0 Å². The zero-order valence-electron chi connectivity index (χ0n) is 14.9. The average molecular weight is 321 g/mol. The Kier molecular flexibility index (Phi) is 6.51. The Balaban J connectivity index is 1.77. The maximum absolute atomic E-state index is 6.04. The first-order valence-electron chi connectivity index (χ1n) is 8.59. The second-order valence-corrected chi connectivity index (χ2v) is 7.27. The van der Waals surface area contributed by atoms with E-state index in [0.717, 1.165) is 44.3 Å². The van der Waals surface area contributed by atoms with Crippen LogP contribution in [0, 0.1) is 11.3 Å². The van der Waals surface area contributed by atoms with Gasteiger partial charge in [-0.3, -0.25) is 4.99 Å². The quantitative estimate of drug-likeness (QED) is 0.647. The third kappa shape index (κ3) is 5.57. The van der Waals surface area contributed by atoms with E-state index >= 15 is 0 Å². The molecule has 130 valence electrons. The minimum absolute atomic E-state index is 0.170. The standard InChI is InChI=1S/C18H31N3O2/c1-18(2,3)16-14(7-5-12-23-16)13-21-17(19-4)20-10-9-15-8-6-11-22-15/h6,8,11,14,16H,5,7,9-10,12-13H2,1-4H3,(H2,19,20,21). The van der Waals surface area contributed by atoms with Crippen molar-refractivity contribution in [2.45, 2.75) is 46.1 Å². The normalized spacial score (nSPS) is 22.9. The largest absolute Gasteiger partial charge is 0.469 e. The number of ether oxygens (including phenoxy) is 1. The van der Waals surface area contributed by atoms with E-state index in [1.165, 1.54) is 6.42 Å². The van der Waals surface area contributed by atoms with Crippen LogP contribution in [0.15, 0.2) is 27.8 Å². The van der Waals surface area contributed by atoms with E-state index in [9.17, 15) is 0 Å². The molecule has 0 bridgehead atoms. The first-order valence-corrected chi connectivity index (χ1v) is 8.59. The van der Waals surface area contributed by atoms with Gasteiger partial charge >= 0.3 is 0 Å². The SMILES string of the molecule is CN=C(NCCc1ccco1)NCC1CCCOC1C(C)(C)C. The van der Waals surface area contributed by atoms with Crippen molar-refractivity contribution in [1.29, 1.82) is 0 Å². The molecule has 5 heteroatoms. The van der Waals surface area contributed by atoms with Crippen molar-refractivity contribution in [1.82, 2.24) is 10.6 Å². The lowest BCUT2D eigenvalue weighted by Gasteiger charge is -2.40. The van der Waals surface area contributed by atoms with Crippen molar-refractivity contribution in [2.24, 2.45) is 16.3 Å². The molecule has 0 amide bonds. The Bertz CT molecular complexity index is 477. The lowest BCUT2D eigenvalue weighted by Crippen LogP contribution is -2.47. The van der Waals surface area contributed by atoms with Gasteiger partial charge in [0.2, 0.25) is 0 Å². The number of furan rings is 1. The van der Waals surface area contributed by atoms with Gasteiger partial charge in [0.1, 0.15) is 5.76 Å². The van der Waals surface area contributed by atoms with Crippen LogP contribution in [0.5, 0.6) is 0 Å². The number of aliphatic imine (C=N–C) groups is 1. The molecule has 0 radical (unpaired) electrons. The van der Waals surface area contributed by atoms with E-state index in [1.807, 2.05) is 12.1 Å². The van der Waals surface area contributed by atoms with Crippen LogP contribution in [-0.4, -0.2) is 38.8 Å². The lowest BCUT2D eigenvalue weighted by molar-refractivity contribution is -0.0835. The predicted octanol–water partition coefficient (Wildman–Crippen LogP) is 2.83. The van der Waals surface area contributed by atoms with Gasteiger partial charge in [-0.15, -0.1) is 0 Å². The molecule has 1 aliphatic heterocycles. The van der Waals surface area contributed by atoms with Gasteiger partial charge in [0.25, 0.3) is 0 Å². The fourth-order valence-electron chi connectivity index (χ4n) is 3.22. The minimum atomic E-state index is 0.170. The molecule has 0 aliphatic carbocycles. The van der Waals surface area contributed by atoms with Gasteiger partial charge in [0, 0.05) is 39.1 Å². The summed E-state index contributed by atoms with van der Waals surface area (Å²) in [4.78, 5) is 4.30. The van der Waals surface area contributed by atoms with E-state index in [4.69, 9.17) is 9.15 Å². The Hall–Kier alpha value is -1.49. The summed E-state index contributed by atoms with van der Waals surface area (Å²) in [5.41, 5.74) is 0.170. The van der Waals surface area contributed by atoms with Crippen molar-refractivity contribution in [3.05, 3.63) is 24.2 Å². The van der Waals surface area contributed by atoms with Crippen molar-refractivity contribution >= 4 is 5.96 Å². The van der Waals surface area contributed by atoms with Crippen LogP contribution in [0.1, 0.15) is 39.4 Å². The molecule has 2 heterocycles. The minimum Gasteiger partial charge on any atom is -0.469 e. The van der Waals surface area contributed by atoms with Crippen molar-refractivity contribution in [2.75, 3.05) is 26.7 Å². The molecule has 2 rings (SSSR count). The summed E-state index contributed by atoms with van der Waals surface area (Å²) in [5.74, 6) is 2.35. The second-order valence-electron chi connectivity index (χ2n) is 7.27. The molecule has 1 fully saturated rings. The van der Waals surface area contributed by atoms with Gasteiger partial charge in [-0.1, -0.05) is 20.8 Å². The molecule has 23 heavy (non-hydrogen) atoms. The highest BCUT2D eigenvalue weighted by Gasteiger charge is 2.35. The fraction of sp³-hybridized carbons (Fsp3) is 0.722. The number of guanidine groups is 1. The van der Waals surface area contributed by atoms with Crippen LogP contribution in [0.2, 0.25) is 0 Å². The maximum atomic E-state index is 6.04. The molecule has 2 atom stereocenters. The Morgan fingerprint density at radius 2 is 2.17 bits per heavy atom. The molecule has 1 aromatic heterocycles. The second kappa shape index (κ2) is 8.39. The molecule has 0 saturated carbocycles. The van der Waals surface area contributed by atoms with Gasteiger partial charge in [-0.05, 0) is 30.4 Å². The maximum Gasteiger partial charge on any atom is 0.191 e. The smallest absolute Gasteiger partial charge is 0.191 e. The van der Waals surface area contributed by atoms with E-state index < -0.39 is 0 Å². The zero-order valence-corrected chi connectivity index (χ0v) is 14.9. The van der Waals surface area contributed by atoms with E-state index in [0.29, 0.717) is 12.0 Å². The Labute approximate surface area is 139 Å². The van der Waals surface area contributed by atoms with Crippen molar-refractivity contribution in [3.63, 3.8) is 0 Å². The molecule has 1 aromatic rings. The molecule has 1 saturated heterocycles. The molecular formula is C18H31N3O2. The lowest BCUT2D eigenvalue weighted by atomic mass is 9.78. The average Bonchev–Trinajstić information content (AvgIpc) is 3.03. The molecule has 2 N–H and O–H groups in total. The molecule has 0 aromatic carbocycles. The van der Waals surface area contributed by atoms with Gasteiger partial charge in [0.05, 0.1) is 12.4 Å². The summed E-state index contributed by atoms with van der Waals surface area (Å²) >= 11 is 0. The zero-order chi connectivity index (χ0) is 16.7. The highest BCUT2D eigenvalue weighted by Crippen LogP contribution is 2.33. The number of nitrogens with zero attached hydrogens (tertiary/aromatic N) is 1. The highest BCUT2D eigenvalue weighted by molar-refractivity contribution is 5.79. The summed E-state index contributed by atoms with van der Waals surface area (Å²) in [6, 6.07) is 3.91. The van der Waals surface area contributed by atoms with E-state index in [1.54, 1.807) is 13.3 Å². The third-order valence-electron chi connectivity index (χ3n) is 4.30. The molecule has 2 unspecified atom stereocenters. The van der Waals surface area contributed by atoms with E-state index in [2.05, 4.69) is 36.4 Å². The molecule has 5 nitrogen and oxygen atoms in total. The van der Waals surface area contributed by atoms with E-state index in [-0.39, 0.29) is 5.41 Å². The number of rotatable bonds is 5. The number of hydrogen-bond acceptors (Lipinski definition) is 3. The van der Waals surface area contributed by atoms with Gasteiger partial charge in [-0.2, -0.15) is 0 Å². The summed E-state index contributed by atoms with van der Waals surface area (Å²) in [6.07, 6.45) is 5.20. The Morgan fingerprint density at radius 1 is 1.35 bits per heavy atom. The van der Waals surface area contributed by atoms with Gasteiger partial charge in [0.15, 0.2) is 5.96 Å². The molecular weight excluding hydrogens is 290 g/mol. The fourth-order valence-corrected chi connectivity index (χ4v) is 3.22. The summed E-state index contributed by atoms with van der Waals surface area (Å²) in [5, 5.41) is 6.79. The predicted molar refractivity (Wildman–Crippen MR) is 93.7 cm³/mol. The van der Waals surface area contributed by atoms with Crippen molar-refractivity contribution in [3.8, 4) is 0 Å². The van der Waals surface area contributed by atoms with Gasteiger partial charge < -0.3 is 19.8 Å². The van der Waals surface area contributed by atoms with Crippen LogP contribution in [-0.2, 0) is 11.2 Å².